The van der Waals surface area contributed by atoms with Gasteiger partial charge >= 0.3 is 5.97 Å². The molecular weight excluding hydrogens is 336 g/mol. The molecule has 1 unspecified atom stereocenters. The summed E-state index contributed by atoms with van der Waals surface area (Å²) in [6.45, 7) is 7.34. The summed E-state index contributed by atoms with van der Waals surface area (Å²) < 4.78 is 5.86. The molecule has 1 atom stereocenters. The minimum Gasteiger partial charge on any atom is -0.449 e. The second-order valence-electron chi connectivity index (χ2n) is 5.51. The van der Waals surface area contributed by atoms with Crippen molar-refractivity contribution in [1.82, 2.24) is 5.32 Å². The Morgan fingerprint density at radius 2 is 2.05 bits per heavy atom. The Hall–Kier alpha value is -1.56. The van der Waals surface area contributed by atoms with Crippen LogP contribution in [0, 0.1) is 0 Å². The molecule has 0 saturated carbocycles. The van der Waals surface area contributed by atoms with Crippen LogP contribution in [0.15, 0.2) is 22.7 Å². The van der Waals surface area contributed by atoms with Gasteiger partial charge in [0.15, 0.2) is 6.10 Å². The topological polar surface area (TPSA) is 81.4 Å². The summed E-state index contributed by atoms with van der Waals surface area (Å²) in [6, 6.07) is 4.76. The van der Waals surface area contributed by atoms with E-state index in [1.807, 2.05) is 20.8 Å². The van der Waals surface area contributed by atoms with Crippen LogP contribution in [-0.2, 0) is 9.53 Å². The van der Waals surface area contributed by atoms with Gasteiger partial charge in [0.25, 0.3) is 5.91 Å². The van der Waals surface area contributed by atoms with Crippen molar-refractivity contribution in [3.63, 3.8) is 0 Å². The third kappa shape index (κ3) is 5.04. The van der Waals surface area contributed by atoms with Gasteiger partial charge in [-0.1, -0.05) is 6.92 Å². The predicted molar refractivity (Wildman–Crippen MR) is 85.9 cm³/mol. The molecule has 1 rings (SSSR count). The lowest BCUT2D eigenvalue weighted by Crippen LogP contribution is -2.47. The van der Waals surface area contributed by atoms with Crippen LogP contribution in [0.2, 0.25) is 0 Å². The zero-order valence-corrected chi connectivity index (χ0v) is 14.3. The first-order chi connectivity index (χ1) is 9.66. The SMILES string of the molecule is CCC(C)(C)NC(=O)C(C)OC(=O)c1ccc(Br)c(N)c1. The van der Waals surface area contributed by atoms with Gasteiger partial charge in [0.05, 0.1) is 5.56 Å². The third-order valence-corrected chi connectivity index (χ3v) is 3.95. The number of esters is 1. The van der Waals surface area contributed by atoms with E-state index in [4.69, 9.17) is 10.5 Å². The minimum atomic E-state index is -0.867. The van der Waals surface area contributed by atoms with Crippen molar-refractivity contribution in [1.29, 1.82) is 0 Å². The van der Waals surface area contributed by atoms with Crippen LogP contribution in [0.3, 0.4) is 0 Å². The molecule has 0 saturated heterocycles. The summed E-state index contributed by atoms with van der Waals surface area (Å²) in [5, 5.41) is 2.83. The molecule has 0 fully saturated rings. The zero-order valence-electron chi connectivity index (χ0n) is 12.7. The van der Waals surface area contributed by atoms with Crippen molar-refractivity contribution < 1.29 is 14.3 Å². The lowest BCUT2D eigenvalue weighted by atomic mass is 10.0. The Kier molecular flexibility index (Phi) is 5.78. The number of nitrogens with one attached hydrogen (secondary N) is 1. The van der Waals surface area contributed by atoms with Gasteiger partial charge in [0, 0.05) is 15.7 Å². The number of amides is 1. The van der Waals surface area contributed by atoms with E-state index in [1.54, 1.807) is 19.1 Å². The second kappa shape index (κ2) is 6.93. The summed E-state index contributed by atoms with van der Waals surface area (Å²) in [4.78, 5) is 24.0. The maximum Gasteiger partial charge on any atom is 0.338 e. The molecule has 6 heteroatoms. The van der Waals surface area contributed by atoms with Crippen LogP contribution in [0.25, 0.3) is 0 Å². The van der Waals surface area contributed by atoms with Gasteiger partial charge in [-0.05, 0) is 61.3 Å². The molecular formula is C15H21BrN2O3. The van der Waals surface area contributed by atoms with Gasteiger partial charge in [0.1, 0.15) is 0 Å². The highest BCUT2D eigenvalue weighted by molar-refractivity contribution is 9.10. The normalized spacial score (nSPS) is 12.6. The van der Waals surface area contributed by atoms with E-state index in [1.165, 1.54) is 6.07 Å². The molecule has 0 bridgehead atoms. The quantitative estimate of drug-likeness (QED) is 0.627. The average molecular weight is 357 g/mol. The number of rotatable bonds is 5. The van der Waals surface area contributed by atoms with Crippen LogP contribution in [0.5, 0.6) is 0 Å². The largest absolute Gasteiger partial charge is 0.449 e. The van der Waals surface area contributed by atoms with Crippen molar-refractivity contribution >= 4 is 33.5 Å². The molecule has 0 aliphatic carbocycles. The molecule has 0 spiro atoms. The minimum absolute atomic E-state index is 0.310. The van der Waals surface area contributed by atoms with Crippen molar-refractivity contribution in [3.05, 3.63) is 28.2 Å². The van der Waals surface area contributed by atoms with Gasteiger partial charge in [-0.25, -0.2) is 4.79 Å². The number of nitrogens with two attached hydrogens (primary N) is 1. The van der Waals surface area contributed by atoms with Crippen LogP contribution >= 0.6 is 15.9 Å². The summed E-state index contributed by atoms with van der Waals surface area (Å²) in [7, 11) is 0. The van der Waals surface area contributed by atoms with Crippen LogP contribution in [-0.4, -0.2) is 23.5 Å². The molecule has 21 heavy (non-hydrogen) atoms. The lowest BCUT2D eigenvalue weighted by Gasteiger charge is -2.26. The number of anilines is 1. The van der Waals surface area contributed by atoms with Gasteiger partial charge in [-0.2, -0.15) is 0 Å². The Bertz CT molecular complexity index is 544. The first-order valence-electron chi connectivity index (χ1n) is 6.74. The van der Waals surface area contributed by atoms with Gasteiger partial charge in [0.2, 0.25) is 0 Å². The van der Waals surface area contributed by atoms with E-state index in [-0.39, 0.29) is 11.4 Å². The van der Waals surface area contributed by atoms with Crippen LogP contribution in [0.1, 0.15) is 44.5 Å². The number of hydrogen-bond donors (Lipinski definition) is 2. The monoisotopic (exact) mass is 356 g/mol. The Balaban J connectivity index is 2.69. The Morgan fingerprint density at radius 1 is 1.43 bits per heavy atom. The van der Waals surface area contributed by atoms with Crippen molar-refractivity contribution in [3.8, 4) is 0 Å². The maximum atomic E-state index is 12.0. The number of nitrogen functional groups attached to an aromatic ring is 1. The van der Waals surface area contributed by atoms with Crippen molar-refractivity contribution in [2.75, 3.05) is 5.73 Å². The molecule has 0 radical (unpaired) electrons. The average Bonchev–Trinajstić information content (AvgIpc) is 2.41. The lowest BCUT2D eigenvalue weighted by molar-refractivity contribution is -0.130. The molecule has 1 aromatic rings. The predicted octanol–water partition coefficient (Wildman–Crippen LogP) is 2.88. The third-order valence-electron chi connectivity index (χ3n) is 3.23. The fraction of sp³-hybridized carbons (Fsp3) is 0.467. The highest BCUT2D eigenvalue weighted by atomic mass is 79.9. The maximum absolute atomic E-state index is 12.0. The van der Waals surface area contributed by atoms with E-state index in [0.717, 1.165) is 6.42 Å². The van der Waals surface area contributed by atoms with E-state index in [0.29, 0.717) is 15.7 Å². The number of carbonyl (C=O) groups excluding carboxylic acids is 2. The molecule has 1 aromatic carbocycles. The zero-order chi connectivity index (χ0) is 16.2. The molecule has 116 valence electrons. The van der Waals surface area contributed by atoms with Gasteiger partial charge < -0.3 is 15.8 Å². The van der Waals surface area contributed by atoms with Gasteiger partial charge in [-0.15, -0.1) is 0 Å². The fourth-order valence-electron chi connectivity index (χ4n) is 1.48. The van der Waals surface area contributed by atoms with Crippen LogP contribution in [0.4, 0.5) is 5.69 Å². The summed E-state index contributed by atoms with van der Waals surface area (Å²) in [5.41, 5.74) is 6.13. The Morgan fingerprint density at radius 3 is 2.57 bits per heavy atom. The highest BCUT2D eigenvalue weighted by Gasteiger charge is 2.24. The second-order valence-corrected chi connectivity index (χ2v) is 6.36. The summed E-state index contributed by atoms with van der Waals surface area (Å²) >= 11 is 3.25. The molecule has 5 nitrogen and oxygen atoms in total. The smallest absolute Gasteiger partial charge is 0.338 e. The van der Waals surface area contributed by atoms with E-state index < -0.39 is 12.1 Å². The molecule has 0 heterocycles. The first kappa shape index (κ1) is 17.5. The first-order valence-corrected chi connectivity index (χ1v) is 7.53. The summed E-state index contributed by atoms with van der Waals surface area (Å²) in [5.74, 6) is -0.897. The van der Waals surface area contributed by atoms with Crippen molar-refractivity contribution in [2.24, 2.45) is 0 Å². The molecule has 0 aliphatic rings. The number of carbonyl (C=O) groups is 2. The number of ether oxygens (including phenoxy) is 1. The Labute approximate surface area is 133 Å². The summed E-state index contributed by atoms with van der Waals surface area (Å²) in [6.07, 6.45) is -0.0870. The van der Waals surface area contributed by atoms with Gasteiger partial charge in [-0.3, -0.25) is 4.79 Å². The number of halogens is 1. The molecule has 1 amide bonds. The van der Waals surface area contributed by atoms with Crippen LogP contribution < -0.4 is 11.1 Å². The standard InChI is InChI=1S/C15H21BrN2O3/c1-5-15(3,4)18-13(19)9(2)21-14(20)10-6-7-11(16)12(17)8-10/h6-9H,5,17H2,1-4H3,(H,18,19). The van der Waals surface area contributed by atoms with E-state index in [2.05, 4.69) is 21.2 Å². The number of benzene rings is 1. The molecule has 3 N–H and O–H groups in total. The van der Waals surface area contributed by atoms with Crippen molar-refractivity contribution in [2.45, 2.75) is 45.8 Å². The molecule has 0 aromatic heterocycles. The highest BCUT2D eigenvalue weighted by Crippen LogP contribution is 2.21. The fourth-order valence-corrected chi connectivity index (χ4v) is 1.72. The number of hydrogen-bond acceptors (Lipinski definition) is 4. The molecule has 0 aliphatic heterocycles. The van der Waals surface area contributed by atoms with E-state index in [9.17, 15) is 9.59 Å². The van der Waals surface area contributed by atoms with E-state index >= 15 is 0 Å².